The van der Waals surface area contributed by atoms with Gasteiger partial charge in [-0.25, -0.2) is 13.2 Å². The lowest BCUT2D eigenvalue weighted by atomic mass is 10.1. The van der Waals surface area contributed by atoms with Crippen molar-refractivity contribution in [3.63, 3.8) is 0 Å². The maximum Gasteiger partial charge on any atom is 0.326 e. The zero-order valence-electron chi connectivity index (χ0n) is 12.0. The minimum absolute atomic E-state index is 0.0320. The number of hydrogen-bond donors (Lipinski definition) is 3. The number of nitrogens with one attached hydrogen (secondary N) is 1. The Morgan fingerprint density at radius 3 is 2.62 bits per heavy atom. The summed E-state index contributed by atoms with van der Waals surface area (Å²) in [6.07, 6.45) is 1.28. The van der Waals surface area contributed by atoms with Crippen molar-refractivity contribution in [3.8, 4) is 0 Å². The molecule has 0 spiro atoms. The molecular weight excluding hydrogens is 300 g/mol. The number of carbonyl (C=O) groups is 2. The molecule has 122 valence electrons. The van der Waals surface area contributed by atoms with Crippen LogP contribution in [-0.4, -0.2) is 65.8 Å². The molecule has 0 bridgehead atoms. The van der Waals surface area contributed by atoms with Crippen LogP contribution in [0.1, 0.15) is 32.6 Å². The van der Waals surface area contributed by atoms with Gasteiger partial charge in [0.2, 0.25) is 15.9 Å². The molecule has 0 radical (unpaired) electrons. The molecule has 1 saturated heterocycles. The van der Waals surface area contributed by atoms with E-state index in [-0.39, 0.29) is 25.3 Å². The summed E-state index contributed by atoms with van der Waals surface area (Å²) < 4.78 is 25.3. The van der Waals surface area contributed by atoms with E-state index in [9.17, 15) is 18.0 Å². The number of sulfonamides is 1. The molecule has 1 aliphatic rings. The molecule has 1 aliphatic heterocycles. The Kier molecular flexibility index (Phi) is 6.56. The van der Waals surface area contributed by atoms with Crippen molar-refractivity contribution in [1.82, 2.24) is 9.62 Å². The highest BCUT2D eigenvalue weighted by Crippen LogP contribution is 2.22. The first-order valence-corrected chi connectivity index (χ1v) is 8.58. The van der Waals surface area contributed by atoms with Crippen molar-refractivity contribution in [3.05, 3.63) is 0 Å². The summed E-state index contributed by atoms with van der Waals surface area (Å²) >= 11 is 0. The number of rotatable bonds is 8. The summed E-state index contributed by atoms with van der Waals surface area (Å²) in [5.41, 5.74) is 0. The van der Waals surface area contributed by atoms with E-state index in [2.05, 4.69) is 5.32 Å². The lowest BCUT2D eigenvalue weighted by Gasteiger charge is -2.24. The Morgan fingerprint density at radius 1 is 1.43 bits per heavy atom. The normalized spacial score (nSPS) is 21.1. The van der Waals surface area contributed by atoms with Gasteiger partial charge in [-0.05, 0) is 19.3 Å². The van der Waals surface area contributed by atoms with E-state index in [0.717, 1.165) is 4.31 Å². The fraction of sp³-hybridized carbons (Fsp3) is 0.833. The summed E-state index contributed by atoms with van der Waals surface area (Å²) in [7, 11) is -3.50. The quantitative estimate of drug-likeness (QED) is 0.534. The van der Waals surface area contributed by atoms with Crippen LogP contribution in [0.15, 0.2) is 0 Å². The van der Waals surface area contributed by atoms with E-state index >= 15 is 0 Å². The number of amides is 1. The molecule has 8 nitrogen and oxygen atoms in total. The van der Waals surface area contributed by atoms with Crippen LogP contribution in [0.2, 0.25) is 0 Å². The summed E-state index contributed by atoms with van der Waals surface area (Å²) in [6.45, 7) is 1.64. The zero-order valence-corrected chi connectivity index (χ0v) is 12.8. The highest BCUT2D eigenvalue weighted by Gasteiger charge is 2.39. The molecule has 0 aromatic carbocycles. The Bertz CT molecular complexity index is 478. The van der Waals surface area contributed by atoms with Gasteiger partial charge in [0.1, 0.15) is 12.1 Å². The minimum Gasteiger partial charge on any atom is -0.480 e. The fourth-order valence-electron chi connectivity index (χ4n) is 2.36. The molecular formula is C12H22N2O6S. The highest BCUT2D eigenvalue weighted by molar-refractivity contribution is 7.89. The maximum absolute atomic E-state index is 12.1. The van der Waals surface area contributed by atoms with Gasteiger partial charge in [0.25, 0.3) is 0 Å². The molecule has 0 aromatic rings. The Labute approximate surface area is 124 Å². The van der Waals surface area contributed by atoms with Gasteiger partial charge in [0, 0.05) is 19.6 Å². The fourth-order valence-corrected chi connectivity index (χ4v) is 4.11. The third kappa shape index (κ3) is 4.65. The minimum atomic E-state index is -3.50. The number of aliphatic hydroxyl groups excluding tert-OH is 1. The standard InChI is InChI=1S/C12H22N2O6S/c1-2-8-21(19,20)14-6-3-4-10(14)11(16)13-9(5-7-15)12(17)18/h9-10,15H,2-8H2,1H3,(H,13,16)(H,17,18)/t9-,10?/m0/s1. The van der Waals surface area contributed by atoms with E-state index in [0.29, 0.717) is 19.3 Å². The lowest BCUT2D eigenvalue weighted by Crippen LogP contribution is -2.51. The molecule has 1 heterocycles. The summed E-state index contributed by atoms with van der Waals surface area (Å²) in [5.74, 6) is -1.90. The van der Waals surface area contributed by atoms with Gasteiger partial charge in [-0.3, -0.25) is 4.79 Å². The number of carbonyl (C=O) groups excluding carboxylic acids is 1. The Balaban J connectivity index is 2.78. The van der Waals surface area contributed by atoms with Gasteiger partial charge in [0.05, 0.1) is 5.75 Å². The van der Waals surface area contributed by atoms with Gasteiger partial charge in [-0.2, -0.15) is 4.31 Å². The zero-order chi connectivity index (χ0) is 16.0. The smallest absolute Gasteiger partial charge is 0.326 e. The third-order valence-corrected chi connectivity index (χ3v) is 5.43. The van der Waals surface area contributed by atoms with Gasteiger partial charge < -0.3 is 15.5 Å². The Morgan fingerprint density at radius 2 is 2.10 bits per heavy atom. The van der Waals surface area contributed by atoms with Gasteiger partial charge in [0.15, 0.2) is 0 Å². The molecule has 1 unspecified atom stereocenters. The first kappa shape index (κ1) is 17.9. The topological polar surface area (TPSA) is 124 Å². The molecule has 21 heavy (non-hydrogen) atoms. The monoisotopic (exact) mass is 322 g/mol. The second-order valence-corrected chi connectivity index (χ2v) is 7.04. The van der Waals surface area contributed by atoms with E-state index in [4.69, 9.17) is 10.2 Å². The first-order chi connectivity index (χ1) is 9.83. The molecule has 1 amide bonds. The van der Waals surface area contributed by atoms with Crippen LogP contribution in [0.3, 0.4) is 0 Å². The van der Waals surface area contributed by atoms with Gasteiger partial charge >= 0.3 is 5.97 Å². The Hall–Kier alpha value is -1.19. The van der Waals surface area contributed by atoms with E-state index in [1.807, 2.05) is 0 Å². The van der Waals surface area contributed by atoms with Gasteiger partial charge in [-0.1, -0.05) is 6.92 Å². The van der Waals surface area contributed by atoms with Crippen LogP contribution in [0.4, 0.5) is 0 Å². The number of carboxylic acids is 1. The van der Waals surface area contributed by atoms with Gasteiger partial charge in [-0.15, -0.1) is 0 Å². The summed E-state index contributed by atoms with van der Waals surface area (Å²) in [6, 6.07) is -2.07. The van der Waals surface area contributed by atoms with Crippen molar-refractivity contribution in [2.24, 2.45) is 0 Å². The molecule has 0 saturated carbocycles. The van der Waals surface area contributed by atoms with Crippen LogP contribution in [0.25, 0.3) is 0 Å². The molecule has 1 fully saturated rings. The van der Waals surface area contributed by atoms with Crippen molar-refractivity contribution < 1.29 is 28.2 Å². The number of hydrogen-bond acceptors (Lipinski definition) is 5. The average molecular weight is 322 g/mol. The van der Waals surface area contributed by atoms with Crippen LogP contribution < -0.4 is 5.32 Å². The molecule has 0 aliphatic carbocycles. The largest absolute Gasteiger partial charge is 0.480 e. The average Bonchev–Trinajstić information content (AvgIpc) is 2.88. The molecule has 0 aromatic heterocycles. The summed E-state index contributed by atoms with van der Waals surface area (Å²) in [5, 5.41) is 20.0. The lowest BCUT2D eigenvalue weighted by molar-refractivity contribution is -0.142. The summed E-state index contributed by atoms with van der Waals surface area (Å²) in [4.78, 5) is 23.1. The van der Waals surface area contributed by atoms with Crippen molar-refractivity contribution in [2.75, 3.05) is 18.9 Å². The molecule has 9 heteroatoms. The first-order valence-electron chi connectivity index (χ1n) is 6.97. The number of aliphatic carboxylic acids is 1. The van der Waals surface area contributed by atoms with Crippen molar-refractivity contribution in [2.45, 2.75) is 44.7 Å². The predicted octanol–water partition coefficient (Wildman–Crippen LogP) is -0.858. The van der Waals surface area contributed by atoms with Crippen molar-refractivity contribution in [1.29, 1.82) is 0 Å². The second-order valence-electron chi connectivity index (χ2n) is 5.00. The third-order valence-electron chi connectivity index (χ3n) is 3.36. The van der Waals surface area contributed by atoms with Crippen LogP contribution in [-0.2, 0) is 19.6 Å². The number of nitrogens with zero attached hydrogens (tertiary/aromatic N) is 1. The molecule has 2 atom stereocenters. The van der Waals surface area contributed by atoms with Crippen molar-refractivity contribution >= 4 is 21.9 Å². The van der Waals surface area contributed by atoms with E-state index < -0.39 is 34.0 Å². The van der Waals surface area contributed by atoms with Crippen LogP contribution >= 0.6 is 0 Å². The SMILES string of the molecule is CCCS(=O)(=O)N1CCCC1C(=O)N[C@@H](CCO)C(=O)O. The molecule has 1 rings (SSSR count). The van der Waals surface area contributed by atoms with E-state index in [1.54, 1.807) is 6.92 Å². The second kappa shape index (κ2) is 7.71. The highest BCUT2D eigenvalue weighted by atomic mass is 32.2. The van der Waals surface area contributed by atoms with Crippen LogP contribution in [0, 0.1) is 0 Å². The number of aliphatic hydroxyl groups is 1. The van der Waals surface area contributed by atoms with E-state index in [1.165, 1.54) is 0 Å². The number of carboxylic acid groups (broad SMARTS) is 1. The van der Waals surface area contributed by atoms with Crippen LogP contribution in [0.5, 0.6) is 0 Å². The maximum atomic E-state index is 12.1. The predicted molar refractivity (Wildman–Crippen MR) is 75.1 cm³/mol. The molecule has 3 N–H and O–H groups in total.